The predicted molar refractivity (Wildman–Crippen MR) is 47.1 cm³/mol. The summed E-state index contributed by atoms with van der Waals surface area (Å²) in [5.41, 5.74) is 0.882. The molecule has 13 heavy (non-hydrogen) atoms. The Hall–Kier alpha value is -0.726. The van der Waals surface area contributed by atoms with Gasteiger partial charge in [-0.2, -0.15) is 0 Å². The molecular formula is C10H12O2V. The number of hydrogen-bond donors (Lipinski definition) is 1. The van der Waals surface area contributed by atoms with Crippen molar-refractivity contribution in [2.45, 2.75) is 19.3 Å². The molecule has 0 aliphatic rings. The van der Waals surface area contributed by atoms with Crippen molar-refractivity contribution in [1.82, 2.24) is 0 Å². The Morgan fingerprint density at radius 1 is 1.38 bits per heavy atom. The van der Waals surface area contributed by atoms with Gasteiger partial charge in [0.2, 0.25) is 0 Å². The van der Waals surface area contributed by atoms with E-state index in [0.29, 0.717) is 6.42 Å². The number of carbonyl (C=O) groups is 1. The summed E-state index contributed by atoms with van der Waals surface area (Å²) in [6.07, 6.45) is 0.638. The average Bonchev–Trinajstić information content (AvgIpc) is 2.07. The first-order chi connectivity index (χ1) is 5.75. The Bertz CT molecular complexity index is 259. The van der Waals surface area contributed by atoms with Gasteiger partial charge in [-0.3, -0.25) is 4.79 Å². The van der Waals surface area contributed by atoms with E-state index in [-0.39, 0.29) is 24.5 Å². The first-order valence-electron chi connectivity index (χ1n) is 4.03. The second kappa shape index (κ2) is 5.84. The quantitative estimate of drug-likeness (QED) is 0.839. The molecule has 1 unspecified atom stereocenters. The Morgan fingerprint density at radius 3 is 2.31 bits per heavy atom. The van der Waals surface area contributed by atoms with Gasteiger partial charge in [0.25, 0.3) is 0 Å². The van der Waals surface area contributed by atoms with Crippen molar-refractivity contribution in [1.29, 1.82) is 0 Å². The van der Waals surface area contributed by atoms with E-state index >= 15 is 0 Å². The van der Waals surface area contributed by atoms with Gasteiger partial charge in [-0.15, -0.1) is 0 Å². The second-order valence-corrected chi connectivity index (χ2v) is 2.71. The van der Waals surface area contributed by atoms with Crippen molar-refractivity contribution in [3.05, 3.63) is 35.9 Å². The Balaban J connectivity index is 0.00000144. The molecule has 0 saturated carbocycles. The maximum atomic E-state index is 10.7. The molecule has 0 aromatic heterocycles. The molecular weight excluding hydrogens is 203 g/mol. The summed E-state index contributed by atoms with van der Waals surface area (Å²) in [5, 5.41) is 8.83. The van der Waals surface area contributed by atoms with Crippen LogP contribution in [0.25, 0.3) is 0 Å². The number of carboxylic acids is 1. The van der Waals surface area contributed by atoms with Crippen LogP contribution in [0, 0.1) is 0 Å². The molecule has 1 atom stereocenters. The van der Waals surface area contributed by atoms with Crippen LogP contribution in [0.5, 0.6) is 0 Å². The van der Waals surface area contributed by atoms with E-state index in [2.05, 4.69) is 0 Å². The first-order valence-corrected chi connectivity index (χ1v) is 4.03. The van der Waals surface area contributed by atoms with Crippen LogP contribution < -0.4 is 0 Å². The first kappa shape index (κ1) is 12.3. The molecule has 3 heteroatoms. The third kappa shape index (κ3) is 3.25. The zero-order chi connectivity index (χ0) is 8.97. The maximum Gasteiger partial charge on any atom is 0.310 e. The van der Waals surface area contributed by atoms with Crippen LogP contribution in [0.1, 0.15) is 24.8 Å². The summed E-state index contributed by atoms with van der Waals surface area (Å²) < 4.78 is 0. The fourth-order valence-corrected chi connectivity index (χ4v) is 1.24. The molecule has 0 fully saturated rings. The normalized spacial score (nSPS) is 11.5. The summed E-state index contributed by atoms with van der Waals surface area (Å²) in [6, 6.07) is 9.31. The predicted octanol–water partition coefficient (Wildman–Crippen LogP) is 2.26. The van der Waals surface area contributed by atoms with Crippen molar-refractivity contribution in [3.63, 3.8) is 0 Å². The van der Waals surface area contributed by atoms with Gasteiger partial charge >= 0.3 is 5.97 Å². The molecule has 0 aliphatic heterocycles. The van der Waals surface area contributed by atoms with E-state index in [0.717, 1.165) is 5.56 Å². The van der Waals surface area contributed by atoms with Crippen LogP contribution in [0.15, 0.2) is 30.3 Å². The monoisotopic (exact) mass is 215 g/mol. The van der Waals surface area contributed by atoms with Crippen LogP contribution in [0.3, 0.4) is 0 Å². The number of aliphatic carboxylic acids is 1. The Labute approximate surface area is 89.9 Å². The van der Waals surface area contributed by atoms with Gasteiger partial charge in [0.05, 0.1) is 5.92 Å². The summed E-state index contributed by atoms with van der Waals surface area (Å²) >= 11 is 0. The minimum atomic E-state index is -0.747. The van der Waals surface area contributed by atoms with Gasteiger partial charge < -0.3 is 5.11 Å². The fourth-order valence-electron chi connectivity index (χ4n) is 1.24. The average molecular weight is 215 g/mol. The third-order valence-corrected chi connectivity index (χ3v) is 1.91. The minimum Gasteiger partial charge on any atom is -0.481 e. The number of carboxylic acid groups (broad SMARTS) is 1. The SMILES string of the molecule is CCC(C(=O)O)c1ccccc1.[V]. The fraction of sp³-hybridized carbons (Fsp3) is 0.300. The van der Waals surface area contributed by atoms with Gasteiger partial charge in [0, 0.05) is 18.6 Å². The largest absolute Gasteiger partial charge is 0.481 e. The van der Waals surface area contributed by atoms with Crippen molar-refractivity contribution in [3.8, 4) is 0 Å². The van der Waals surface area contributed by atoms with E-state index < -0.39 is 5.97 Å². The van der Waals surface area contributed by atoms with E-state index in [9.17, 15) is 4.79 Å². The molecule has 1 radical (unpaired) electrons. The molecule has 69 valence electrons. The number of rotatable bonds is 3. The van der Waals surface area contributed by atoms with Crippen molar-refractivity contribution < 1.29 is 28.5 Å². The standard InChI is InChI=1S/C10H12O2.V/c1-2-9(10(11)12)8-6-4-3-5-7-8;/h3-7,9H,2H2,1H3,(H,11,12);. The summed E-state index contributed by atoms with van der Waals surface area (Å²) in [6.45, 7) is 1.88. The molecule has 0 spiro atoms. The minimum absolute atomic E-state index is 0. The molecule has 0 heterocycles. The molecule has 2 nitrogen and oxygen atoms in total. The van der Waals surface area contributed by atoms with E-state index in [1.807, 2.05) is 37.3 Å². The van der Waals surface area contributed by atoms with Crippen LogP contribution in [0.4, 0.5) is 0 Å². The smallest absolute Gasteiger partial charge is 0.310 e. The van der Waals surface area contributed by atoms with Crippen molar-refractivity contribution >= 4 is 5.97 Å². The maximum absolute atomic E-state index is 10.7. The second-order valence-electron chi connectivity index (χ2n) is 2.71. The summed E-state index contributed by atoms with van der Waals surface area (Å²) in [4.78, 5) is 10.7. The van der Waals surface area contributed by atoms with Crippen LogP contribution in [0.2, 0.25) is 0 Å². The van der Waals surface area contributed by atoms with Crippen molar-refractivity contribution in [2.24, 2.45) is 0 Å². The third-order valence-electron chi connectivity index (χ3n) is 1.91. The zero-order valence-electron chi connectivity index (χ0n) is 7.47. The van der Waals surface area contributed by atoms with Gasteiger partial charge in [-0.05, 0) is 12.0 Å². The number of benzene rings is 1. The Morgan fingerprint density at radius 2 is 1.92 bits per heavy atom. The van der Waals surface area contributed by atoms with E-state index in [1.165, 1.54) is 0 Å². The summed E-state index contributed by atoms with van der Waals surface area (Å²) in [7, 11) is 0. The molecule has 1 aromatic rings. The van der Waals surface area contributed by atoms with Crippen LogP contribution >= 0.6 is 0 Å². The van der Waals surface area contributed by atoms with E-state index in [4.69, 9.17) is 5.11 Å². The molecule has 0 amide bonds. The molecule has 1 aromatic carbocycles. The van der Waals surface area contributed by atoms with Crippen LogP contribution in [-0.2, 0) is 23.4 Å². The topological polar surface area (TPSA) is 37.3 Å². The van der Waals surface area contributed by atoms with Gasteiger partial charge in [-0.25, -0.2) is 0 Å². The molecule has 0 saturated heterocycles. The number of hydrogen-bond acceptors (Lipinski definition) is 1. The van der Waals surface area contributed by atoms with Gasteiger partial charge in [-0.1, -0.05) is 37.3 Å². The summed E-state index contributed by atoms with van der Waals surface area (Å²) in [5.74, 6) is -1.10. The molecule has 1 rings (SSSR count). The van der Waals surface area contributed by atoms with E-state index in [1.54, 1.807) is 0 Å². The Kier molecular flexibility index (Phi) is 5.52. The van der Waals surface area contributed by atoms with Crippen molar-refractivity contribution in [2.75, 3.05) is 0 Å². The van der Waals surface area contributed by atoms with Gasteiger partial charge in [0.15, 0.2) is 0 Å². The zero-order valence-corrected chi connectivity index (χ0v) is 8.87. The molecule has 0 bridgehead atoms. The molecule has 1 N–H and O–H groups in total. The molecule has 0 aliphatic carbocycles. The van der Waals surface area contributed by atoms with Crippen LogP contribution in [-0.4, -0.2) is 11.1 Å². The van der Waals surface area contributed by atoms with Gasteiger partial charge in [0.1, 0.15) is 0 Å².